The van der Waals surface area contributed by atoms with E-state index in [1.807, 2.05) is 0 Å². The molecular weight excluding hydrogens is 283 g/mol. The van der Waals surface area contributed by atoms with Gasteiger partial charge in [-0.25, -0.2) is 17.5 Å². The monoisotopic (exact) mass is 298 g/mol. The summed E-state index contributed by atoms with van der Waals surface area (Å²) in [6.45, 7) is 3.26. The summed E-state index contributed by atoms with van der Waals surface area (Å²) in [5, 5.41) is 5.92. The Bertz CT molecular complexity index is 727. The third-order valence-electron chi connectivity index (χ3n) is 2.95. The van der Waals surface area contributed by atoms with E-state index in [1.165, 1.54) is 6.07 Å². The third-order valence-corrected chi connectivity index (χ3v) is 4.52. The van der Waals surface area contributed by atoms with Crippen LogP contribution in [0.1, 0.15) is 24.1 Å². The van der Waals surface area contributed by atoms with Crippen LogP contribution in [0.2, 0.25) is 0 Å². The maximum absolute atomic E-state index is 13.5. The van der Waals surface area contributed by atoms with Crippen LogP contribution in [0.5, 0.6) is 0 Å². The molecule has 0 saturated heterocycles. The van der Waals surface area contributed by atoms with Crippen molar-refractivity contribution in [3.05, 3.63) is 41.3 Å². The predicted molar refractivity (Wildman–Crippen MR) is 72.9 cm³/mol. The van der Waals surface area contributed by atoms with Crippen LogP contribution in [0.4, 0.5) is 10.2 Å². The van der Waals surface area contributed by atoms with Gasteiger partial charge in [-0.15, -0.1) is 0 Å². The second kappa shape index (κ2) is 5.22. The van der Waals surface area contributed by atoms with Gasteiger partial charge in [-0.05, 0) is 31.0 Å². The molecule has 1 atom stereocenters. The number of halogens is 1. The smallest absolute Gasteiger partial charge is 0.246 e. The predicted octanol–water partition coefficient (Wildman–Crippen LogP) is 1.48. The molecule has 108 valence electrons. The number of aromatic amines is 1. The fraction of sp³-hybridized carbons (Fsp3) is 0.250. The highest BCUT2D eigenvalue weighted by Crippen LogP contribution is 2.20. The number of aromatic nitrogens is 2. The van der Waals surface area contributed by atoms with E-state index in [1.54, 1.807) is 26.0 Å². The molecule has 0 aliphatic carbocycles. The molecule has 0 fully saturated rings. The van der Waals surface area contributed by atoms with Gasteiger partial charge in [-0.2, -0.15) is 5.10 Å². The van der Waals surface area contributed by atoms with E-state index in [0.29, 0.717) is 11.1 Å². The van der Waals surface area contributed by atoms with Crippen molar-refractivity contribution in [2.75, 3.05) is 5.73 Å². The number of nitrogens with one attached hydrogen (secondary N) is 2. The Labute approximate surface area is 116 Å². The molecule has 0 aliphatic rings. The van der Waals surface area contributed by atoms with Crippen LogP contribution in [-0.4, -0.2) is 18.6 Å². The summed E-state index contributed by atoms with van der Waals surface area (Å²) < 4.78 is 40.1. The maximum Gasteiger partial charge on any atom is 0.246 e. The lowest BCUT2D eigenvalue weighted by Gasteiger charge is -2.14. The van der Waals surface area contributed by atoms with Gasteiger partial charge in [0, 0.05) is 6.04 Å². The van der Waals surface area contributed by atoms with Crippen molar-refractivity contribution in [2.24, 2.45) is 0 Å². The molecule has 0 aliphatic heterocycles. The molecule has 1 unspecified atom stereocenters. The first-order chi connectivity index (χ1) is 9.31. The van der Waals surface area contributed by atoms with Gasteiger partial charge < -0.3 is 5.73 Å². The highest BCUT2D eigenvalue weighted by atomic mass is 32.2. The zero-order chi connectivity index (χ0) is 14.9. The maximum atomic E-state index is 13.5. The lowest BCUT2D eigenvalue weighted by Crippen LogP contribution is -2.27. The molecule has 0 amide bonds. The van der Waals surface area contributed by atoms with Gasteiger partial charge in [0.2, 0.25) is 10.0 Å². The standard InChI is InChI=1S/C12H15FN4O2S/c1-7-3-4-9(5-10(7)13)8(2)17-20(18,19)11-6-15-16-12(11)14/h3-6,8,17H,1-2H3,(H3,14,15,16). The zero-order valence-electron chi connectivity index (χ0n) is 11.0. The number of benzene rings is 1. The number of nitrogens with zero attached hydrogens (tertiary/aromatic N) is 1. The third kappa shape index (κ3) is 2.81. The van der Waals surface area contributed by atoms with Crippen LogP contribution in [0, 0.1) is 12.7 Å². The van der Waals surface area contributed by atoms with Gasteiger partial charge in [0.15, 0.2) is 0 Å². The first kappa shape index (κ1) is 14.5. The summed E-state index contributed by atoms with van der Waals surface area (Å²) >= 11 is 0. The molecule has 0 saturated carbocycles. The van der Waals surface area contributed by atoms with Crippen molar-refractivity contribution in [3.63, 3.8) is 0 Å². The van der Waals surface area contributed by atoms with Crippen LogP contribution in [0.25, 0.3) is 0 Å². The van der Waals surface area contributed by atoms with E-state index in [-0.39, 0.29) is 16.5 Å². The molecule has 0 bridgehead atoms. The van der Waals surface area contributed by atoms with E-state index in [9.17, 15) is 12.8 Å². The average molecular weight is 298 g/mol. The Morgan fingerprint density at radius 3 is 2.70 bits per heavy atom. The van der Waals surface area contributed by atoms with Gasteiger partial charge in [0.1, 0.15) is 16.5 Å². The molecule has 20 heavy (non-hydrogen) atoms. The largest absolute Gasteiger partial charge is 0.383 e. The molecule has 0 spiro atoms. The Morgan fingerprint density at radius 1 is 1.45 bits per heavy atom. The van der Waals surface area contributed by atoms with E-state index in [2.05, 4.69) is 14.9 Å². The van der Waals surface area contributed by atoms with Crippen LogP contribution in [0.3, 0.4) is 0 Å². The number of nitrogens with two attached hydrogens (primary N) is 1. The number of nitrogen functional groups attached to an aromatic ring is 1. The SMILES string of the molecule is Cc1ccc(C(C)NS(=O)(=O)c2cn[nH]c2N)cc1F. The minimum atomic E-state index is -3.81. The van der Waals surface area contributed by atoms with Crippen molar-refractivity contribution in [1.29, 1.82) is 0 Å². The summed E-state index contributed by atoms with van der Waals surface area (Å²) in [6.07, 6.45) is 1.13. The Kier molecular flexibility index (Phi) is 3.78. The average Bonchev–Trinajstić information content (AvgIpc) is 2.79. The Morgan fingerprint density at radius 2 is 2.15 bits per heavy atom. The normalized spacial score (nSPS) is 13.3. The molecule has 6 nitrogen and oxygen atoms in total. The fourth-order valence-electron chi connectivity index (χ4n) is 1.74. The molecular formula is C12H15FN4O2S. The molecule has 1 aromatic carbocycles. The van der Waals surface area contributed by atoms with E-state index >= 15 is 0 Å². The number of rotatable bonds is 4. The minimum Gasteiger partial charge on any atom is -0.383 e. The number of H-pyrrole nitrogens is 1. The molecule has 1 aromatic heterocycles. The lowest BCUT2D eigenvalue weighted by atomic mass is 10.1. The molecule has 1 heterocycles. The zero-order valence-corrected chi connectivity index (χ0v) is 11.8. The Hall–Kier alpha value is -1.93. The van der Waals surface area contributed by atoms with Gasteiger partial charge in [-0.1, -0.05) is 12.1 Å². The van der Waals surface area contributed by atoms with Crippen molar-refractivity contribution in [1.82, 2.24) is 14.9 Å². The van der Waals surface area contributed by atoms with Crippen molar-refractivity contribution < 1.29 is 12.8 Å². The lowest BCUT2D eigenvalue weighted by molar-refractivity contribution is 0.564. The van der Waals surface area contributed by atoms with Gasteiger partial charge in [0.25, 0.3) is 0 Å². The van der Waals surface area contributed by atoms with Gasteiger partial charge in [0.05, 0.1) is 6.20 Å². The van der Waals surface area contributed by atoms with Crippen LogP contribution in [-0.2, 0) is 10.0 Å². The number of aryl methyl sites for hydroxylation is 1. The summed E-state index contributed by atoms with van der Waals surface area (Å²) in [5.74, 6) is -0.420. The molecule has 4 N–H and O–H groups in total. The molecule has 0 radical (unpaired) electrons. The molecule has 2 rings (SSSR count). The fourth-order valence-corrected chi connectivity index (χ4v) is 3.00. The summed E-state index contributed by atoms with van der Waals surface area (Å²) in [7, 11) is -3.81. The number of sulfonamides is 1. The first-order valence-corrected chi connectivity index (χ1v) is 7.37. The van der Waals surface area contributed by atoms with Crippen molar-refractivity contribution in [3.8, 4) is 0 Å². The highest BCUT2D eigenvalue weighted by Gasteiger charge is 2.22. The van der Waals surface area contributed by atoms with Crippen molar-refractivity contribution >= 4 is 15.8 Å². The van der Waals surface area contributed by atoms with Crippen LogP contribution in [0.15, 0.2) is 29.3 Å². The van der Waals surface area contributed by atoms with Crippen molar-refractivity contribution in [2.45, 2.75) is 24.8 Å². The summed E-state index contributed by atoms with van der Waals surface area (Å²) in [5.41, 5.74) is 6.52. The second-order valence-electron chi connectivity index (χ2n) is 4.50. The number of hydrogen-bond donors (Lipinski definition) is 3. The van der Waals surface area contributed by atoms with E-state index in [0.717, 1.165) is 6.20 Å². The highest BCUT2D eigenvalue weighted by molar-refractivity contribution is 7.89. The number of anilines is 1. The Balaban J connectivity index is 2.25. The second-order valence-corrected chi connectivity index (χ2v) is 6.18. The van der Waals surface area contributed by atoms with E-state index in [4.69, 9.17) is 5.73 Å². The first-order valence-electron chi connectivity index (χ1n) is 5.88. The van der Waals surface area contributed by atoms with E-state index < -0.39 is 16.1 Å². The number of hydrogen-bond acceptors (Lipinski definition) is 4. The minimum absolute atomic E-state index is 0.0419. The summed E-state index contributed by atoms with van der Waals surface area (Å²) in [4.78, 5) is -0.128. The quantitative estimate of drug-likeness (QED) is 0.795. The van der Waals surface area contributed by atoms with Crippen LogP contribution >= 0.6 is 0 Å². The van der Waals surface area contributed by atoms with Gasteiger partial charge in [-0.3, -0.25) is 5.10 Å². The molecule has 2 aromatic rings. The topological polar surface area (TPSA) is 101 Å². The summed E-state index contributed by atoms with van der Waals surface area (Å²) in [6, 6.07) is 3.98. The molecule has 8 heteroatoms. The van der Waals surface area contributed by atoms with Crippen LogP contribution < -0.4 is 10.5 Å². The van der Waals surface area contributed by atoms with Gasteiger partial charge >= 0.3 is 0 Å².